The van der Waals surface area contributed by atoms with Crippen molar-refractivity contribution in [3.8, 4) is 11.5 Å². The van der Waals surface area contributed by atoms with E-state index in [9.17, 15) is 4.79 Å². The van der Waals surface area contributed by atoms with Crippen LogP contribution in [0.5, 0.6) is 11.5 Å². The van der Waals surface area contributed by atoms with Gasteiger partial charge in [-0.25, -0.2) is 4.79 Å². The average molecular weight is 508 g/mol. The molecule has 0 aromatic heterocycles. The van der Waals surface area contributed by atoms with Crippen molar-refractivity contribution in [2.24, 2.45) is 5.16 Å². The summed E-state index contributed by atoms with van der Waals surface area (Å²) in [4.78, 5) is 17.4. The van der Waals surface area contributed by atoms with Crippen molar-refractivity contribution in [2.75, 3.05) is 6.61 Å². The van der Waals surface area contributed by atoms with Gasteiger partial charge in [-0.2, -0.15) is 0 Å². The Morgan fingerprint density at radius 3 is 2.54 bits per heavy atom. The van der Waals surface area contributed by atoms with Crippen LogP contribution in [0.1, 0.15) is 29.2 Å². The minimum absolute atomic E-state index is 0.234. The molecule has 0 N–H and O–H groups in total. The molecule has 0 saturated carbocycles. The molecule has 178 valence electrons. The molecule has 4 rings (SSSR count). The fourth-order valence-electron chi connectivity index (χ4n) is 3.67. The number of halogens is 2. The molecule has 3 aromatic carbocycles. The minimum Gasteiger partial charge on any atom is -0.490 e. The normalized spacial score (nSPS) is 14.0. The Morgan fingerprint density at radius 1 is 1.03 bits per heavy atom. The maximum absolute atomic E-state index is 12.5. The number of nitrogens with zero attached hydrogens (tertiary/aromatic N) is 1. The van der Waals surface area contributed by atoms with Crippen LogP contribution in [0, 0.1) is 0 Å². The standard InChI is InChI=1S/C28H23Cl2NO4/c1-3-8-20-13-18(14-23-26(31-35-28(23)32)19-9-6-5-7-10-19)15-25(33-4-2)27(20)34-17-21-11-12-22(29)16-24(21)30/h3,5-7,9-16H,1,4,8,17H2,2H3/b23-14-. The molecule has 0 atom stereocenters. The van der Waals surface area contributed by atoms with E-state index in [4.69, 9.17) is 37.5 Å². The lowest BCUT2D eigenvalue weighted by atomic mass is 9.99. The molecule has 0 aliphatic carbocycles. The molecule has 7 heteroatoms. The van der Waals surface area contributed by atoms with E-state index in [-0.39, 0.29) is 6.61 Å². The molecule has 0 spiro atoms. The second-order valence-corrected chi connectivity index (χ2v) is 8.54. The minimum atomic E-state index is -0.509. The first-order chi connectivity index (χ1) is 17.0. The van der Waals surface area contributed by atoms with Crippen molar-refractivity contribution >= 4 is 41.0 Å². The molecule has 0 amide bonds. The number of allylic oxidation sites excluding steroid dienone is 1. The zero-order valence-electron chi connectivity index (χ0n) is 19.1. The monoisotopic (exact) mass is 507 g/mol. The van der Waals surface area contributed by atoms with Gasteiger partial charge in [0.2, 0.25) is 0 Å². The molecule has 0 saturated heterocycles. The summed E-state index contributed by atoms with van der Waals surface area (Å²) in [6.07, 6.45) is 4.06. The van der Waals surface area contributed by atoms with Crippen LogP contribution in [0.25, 0.3) is 6.08 Å². The van der Waals surface area contributed by atoms with Crippen LogP contribution < -0.4 is 9.47 Å². The van der Waals surface area contributed by atoms with Crippen molar-refractivity contribution in [2.45, 2.75) is 20.0 Å². The van der Waals surface area contributed by atoms with Crippen LogP contribution in [-0.4, -0.2) is 18.3 Å². The Hall–Kier alpha value is -3.54. The van der Waals surface area contributed by atoms with Gasteiger partial charge in [0.15, 0.2) is 11.5 Å². The van der Waals surface area contributed by atoms with E-state index in [1.807, 2.05) is 55.5 Å². The number of hydrogen-bond donors (Lipinski definition) is 0. The molecule has 1 heterocycles. The summed E-state index contributed by atoms with van der Waals surface area (Å²) in [7, 11) is 0. The Labute approximate surface area is 214 Å². The largest absolute Gasteiger partial charge is 0.490 e. The van der Waals surface area contributed by atoms with E-state index in [2.05, 4.69) is 11.7 Å². The van der Waals surface area contributed by atoms with E-state index in [1.165, 1.54) is 0 Å². The first-order valence-corrected chi connectivity index (χ1v) is 11.8. The number of oxime groups is 1. The number of rotatable bonds is 9. The van der Waals surface area contributed by atoms with E-state index < -0.39 is 5.97 Å². The van der Waals surface area contributed by atoms with Crippen molar-refractivity contribution in [3.05, 3.63) is 111 Å². The van der Waals surface area contributed by atoms with Gasteiger partial charge in [0.05, 0.1) is 12.2 Å². The van der Waals surface area contributed by atoms with E-state index in [0.717, 1.165) is 22.3 Å². The lowest BCUT2D eigenvalue weighted by Gasteiger charge is -2.17. The van der Waals surface area contributed by atoms with Crippen LogP contribution in [0.3, 0.4) is 0 Å². The molecule has 0 radical (unpaired) electrons. The summed E-state index contributed by atoms with van der Waals surface area (Å²) in [5.41, 5.74) is 4.04. The fourth-order valence-corrected chi connectivity index (χ4v) is 4.13. The highest BCUT2D eigenvalue weighted by Crippen LogP contribution is 2.36. The van der Waals surface area contributed by atoms with Crippen LogP contribution in [-0.2, 0) is 22.7 Å². The van der Waals surface area contributed by atoms with Gasteiger partial charge in [-0.15, -0.1) is 6.58 Å². The first kappa shape index (κ1) is 24.6. The van der Waals surface area contributed by atoms with Gasteiger partial charge >= 0.3 is 5.97 Å². The van der Waals surface area contributed by atoms with Crippen LogP contribution >= 0.6 is 23.2 Å². The second-order valence-electron chi connectivity index (χ2n) is 7.70. The lowest BCUT2D eigenvalue weighted by Crippen LogP contribution is -2.07. The zero-order valence-corrected chi connectivity index (χ0v) is 20.6. The zero-order chi connectivity index (χ0) is 24.8. The Bertz CT molecular complexity index is 1320. The molecule has 0 fully saturated rings. The third-order valence-electron chi connectivity index (χ3n) is 5.26. The number of ether oxygens (including phenoxy) is 2. The summed E-state index contributed by atoms with van der Waals surface area (Å²) >= 11 is 12.3. The third-order valence-corrected chi connectivity index (χ3v) is 5.85. The lowest BCUT2D eigenvalue weighted by molar-refractivity contribution is -0.136. The Kier molecular flexibility index (Phi) is 7.91. The van der Waals surface area contributed by atoms with Gasteiger partial charge in [0.1, 0.15) is 12.3 Å². The quantitative estimate of drug-likeness (QED) is 0.177. The highest BCUT2D eigenvalue weighted by Gasteiger charge is 2.27. The highest BCUT2D eigenvalue weighted by atomic mass is 35.5. The molecule has 0 bridgehead atoms. The van der Waals surface area contributed by atoms with Crippen LogP contribution in [0.4, 0.5) is 0 Å². The van der Waals surface area contributed by atoms with Crippen LogP contribution in [0.15, 0.2) is 84.0 Å². The highest BCUT2D eigenvalue weighted by molar-refractivity contribution is 6.35. The van der Waals surface area contributed by atoms with Crippen molar-refractivity contribution in [3.63, 3.8) is 0 Å². The number of carbonyl (C=O) groups is 1. The SMILES string of the molecule is C=CCc1cc(/C=C2\C(=O)ON=C2c2ccccc2)cc(OCC)c1OCc1ccc(Cl)cc1Cl. The molecule has 5 nitrogen and oxygen atoms in total. The molecule has 3 aromatic rings. The van der Waals surface area contributed by atoms with Gasteiger partial charge in [-0.05, 0) is 49.2 Å². The van der Waals surface area contributed by atoms with Crippen LogP contribution in [0.2, 0.25) is 10.0 Å². The summed E-state index contributed by atoms with van der Waals surface area (Å²) in [5, 5.41) is 5.06. The molecule has 1 aliphatic rings. The van der Waals surface area contributed by atoms with E-state index in [1.54, 1.807) is 24.3 Å². The van der Waals surface area contributed by atoms with Gasteiger partial charge in [0.25, 0.3) is 0 Å². The van der Waals surface area contributed by atoms with Crippen molar-refractivity contribution in [1.29, 1.82) is 0 Å². The summed E-state index contributed by atoms with van der Waals surface area (Å²) in [6.45, 7) is 6.44. The topological polar surface area (TPSA) is 57.1 Å². The smallest absolute Gasteiger partial charge is 0.368 e. The van der Waals surface area contributed by atoms with E-state index >= 15 is 0 Å². The first-order valence-electron chi connectivity index (χ1n) is 11.0. The third kappa shape index (κ3) is 5.76. The van der Waals surface area contributed by atoms with Crippen molar-refractivity contribution in [1.82, 2.24) is 0 Å². The molecule has 1 aliphatic heterocycles. The maximum atomic E-state index is 12.5. The summed E-state index contributed by atoms with van der Waals surface area (Å²) in [6, 6.07) is 18.5. The molecule has 0 unspecified atom stereocenters. The number of carbonyl (C=O) groups excluding carboxylic acids is 1. The summed E-state index contributed by atoms with van der Waals surface area (Å²) in [5.74, 6) is 0.629. The predicted molar refractivity (Wildman–Crippen MR) is 139 cm³/mol. The molecular formula is C28H23Cl2NO4. The molecular weight excluding hydrogens is 485 g/mol. The maximum Gasteiger partial charge on any atom is 0.368 e. The molecule has 35 heavy (non-hydrogen) atoms. The number of benzene rings is 3. The number of hydrogen-bond acceptors (Lipinski definition) is 5. The predicted octanol–water partition coefficient (Wildman–Crippen LogP) is 7.04. The summed E-state index contributed by atoms with van der Waals surface area (Å²) < 4.78 is 12.1. The Balaban J connectivity index is 1.71. The van der Waals surface area contributed by atoms with E-state index in [0.29, 0.717) is 45.9 Å². The second kappa shape index (κ2) is 11.3. The van der Waals surface area contributed by atoms with Crippen molar-refractivity contribution < 1.29 is 19.1 Å². The van der Waals surface area contributed by atoms with Gasteiger partial charge in [-0.1, -0.05) is 70.8 Å². The average Bonchev–Trinajstić information content (AvgIpc) is 3.20. The van der Waals surface area contributed by atoms with Gasteiger partial charge in [0, 0.05) is 26.7 Å². The Morgan fingerprint density at radius 2 is 1.83 bits per heavy atom. The fraction of sp³-hybridized carbons (Fsp3) is 0.143. The van der Waals surface area contributed by atoms with Gasteiger partial charge < -0.3 is 14.3 Å². The van der Waals surface area contributed by atoms with Gasteiger partial charge in [-0.3, -0.25) is 0 Å².